The first-order valence-corrected chi connectivity index (χ1v) is 13.4. The van der Waals surface area contributed by atoms with E-state index in [1.54, 1.807) is 0 Å². The van der Waals surface area contributed by atoms with Crippen LogP contribution < -0.4 is 15.0 Å². The van der Waals surface area contributed by atoms with Gasteiger partial charge in [-0.1, -0.05) is 17.7 Å². The third-order valence-corrected chi connectivity index (χ3v) is 7.50. The number of alkyl halides is 1. The molecule has 1 amide bonds. The topological polar surface area (TPSA) is 70.6 Å². The molecule has 1 N–H and O–H groups in total. The molecule has 5 rings (SSSR count). The number of ether oxygens (including phenoxy) is 1. The van der Waals surface area contributed by atoms with Crippen molar-refractivity contribution in [3.8, 4) is 5.75 Å². The molecule has 1 aliphatic carbocycles. The summed E-state index contributed by atoms with van der Waals surface area (Å²) < 4.78 is 20.0. The molecule has 194 valence electrons. The van der Waals surface area contributed by atoms with Crippen molar-refractivity contribution < 1.29 is 13.9 Å². The molecule has 7 nitrogen and oxygen atoms in total. The van der Waals surface area contributed by atoms with Crippen LogP contribution >= 0.6 is 0 Å². The first kappa shape index (κ1) is 24.8. The molecule has 8 heteroatoms. The van der Waals surface area contributed by atoms with Crippen LogP contribution in [-0.2, 0) is 17.8 Å². The predicted octanol–water partition coefficient (Wildman–Crippen LogP) is 4.59. The maximum atomic E-state index is 13.7. The van der Waals surface area contributed by atoms with Crippen molar-refractivity contribution in [3.05, 3.63) is 40.7 Å². The van der Waals surface area contributed by atoms with Gasteiger partial charge in [0, 0.05) is 50.9 Å². The number of carbonyl (C=O) groups is 1. The quantitative estimate of drug-likeness (QED) is 0.606. The van der Waals surface area contributed by atoms with Gasteiger partial charge in [-0.15, -0.1) is 0 Å². The molecule has 2 aromatic rings. The Kier molecular flexibility index (Phi) is 7.04. The van der Waals surface area contributed by atoms with Gasteiger partial charge in [-0.25, -0.2) is 14.4 Å². The summed E-state index contributed by atoms with van der Waals surface area (Å²) in [7, 11) is 0. The number of anilines is 2. The highest BCUT2D eigenvalue weighted by molar-refractivity contribution is 5.81. The summed E-state index contributed by atoms with van der Waals surface area (Å²) >= 11 is 0. The van der Waals surface area contributed by atoms with E-state index in [-0.39, 0.29) is 30.5 Å². The van der Waals surface area contributed by atoms with Crippen LogP contribution in [0.5, 0.6) is 5.75 Å². The molecule has 2 atom stereocenters. The number of hydrogen-bond donors (Lipinski definition) is 1. The summed E-state index contributed by atoms with van der Waals surface area (Å²) in [6.45, 7) is 10.0. The van der Waals surface area contributed by atoms with E-state index >= 15 is 0 Å². The maximum Gasteiger partial charge on any atom is 0.226 e. The summed E-state index contributed by atoms with van der Waals surface area (Å²) in [5.41, 5.74) is 4.16. The summed E-state index contributed by atoms with van der Waals surface area (Å²) in [6, 6.07) is 6.38. The number of aromatic nitrogens is 2. The van der Waals surface area contributed by atoms with Crippen molar-refractivity contribution in [1.29, 1.82) is 0 Å². The van der Waals surface area contributed by atoms with E-state index in [2.05, 4.69) is 49.2 Å². The van der Waals surface area contributed by atoms with Gasteiger partial charge in [-0.3, -0.25) is 4.79 Å². The molecule has 1 saturated carbocycles. The van der Waals surface area contributed by atoms with Crippen LogP contribution in [0.1, 0.15) is 62.0 Å². The Morgan fingerprint density at radius 2 is 1.92 bits per heavy atom. The zero-order valence-corrected chi connectivity index (χ0v) is 21.9. The zero-order valence-electron chi connectivity index (χ0n) is 21.9. The fourth-order valence-corrected chi connectivity index (χ4v) is 5.22. The predicted molar refractivity (Wildman–Crippen MR) is 139 cm³/mol. The molecule has 2 fully saturated rings. The molecule has 1 aromatic carbocycles. The number of benzene rings is 1. The average molecular weight is 496 g/mol. The highest BCUT2D eigenvalue weighted by Gasteiger charge is 2.38. The fraction of sp³-hybridized carbons (Fsp3) is 0.607. The first-order valence-electron chi connectivity index (χ1n) is 13.4. The molecule has 3 heterocycles. The molecular weight excluding hydrogens is 457 g/mol. The minimum atomic E-state index is -0.988. The van der Waals surface area contributed by atoms with Gasteiger partial charge in [-0.05, 0) is 52.2 Å². The summed E-state index contributed by atoms with van der Waals surface area (Å²) in [6.07, 6.45) is 3.56. The van der Waals surface area contributed by atoms with Crippen molar-refractivity contribution in [2.24, 2.45) is 5.92 Å². The van der Waals surface area contributed by atoms with Crippen LogP contribution in [0.3, 0.4) is 0 Å². The number of fused-ring (bicyclic) bond motifs is 1. The monoisotopic (exact) mass is 495 g/mol. The first-order chi connectivity index (χ1) is 17.3. The number of nitrogens with one attached hydrogen (secondary N) is 1. The van der Waals surface area contributed by atoms with Gasteiger partial charge in [0.25, 0.3) is 0 Å². The van der Waals surface area contributed by atoms with Crippen LogP contribution in [0.2, 0.25) is 0 Å². The van der Waals surface area contributed by atoms with E-state index in [1.165, 1.54) is 12.5 Å². The third kappa shape index (κ3) is 5.42. The largest absolute Gasteiger partial charge is 0.490 e. The highest BCUT2D eigenvalue weighted by Crippen LogP contribution is 2.35. The lowest BCUT2D eigenvalue weighted by Crippen LogP contribution is -2.45. The number of hydrogen-bond acceptors (Lipinski definition) is 6. The van der Waals surface area contributed by atoms with E-state index < -0.39 is 6.17 Å². The standard InChI is InChI=1S/C28H38FN5O2/c1-17-5-8-25(18(2)13-17)36-22-9-11-33(12-10-22)27-26(30-15-19(3)29)31-23-14-20(4)34(16-24(23)32-27)28(35)21-6-7-21/h5,8,13,19-22H,6-7,9-12,14-16H2,1-4H3,(H,30,31). The molecule has 36 heavy (non-hydrogen) atoms. The van der Waals surface area contributed by atoms with Gasteiger partial charge in [0.05, 0.1) is 17.9 Å². The van der Waals surface area contributed by atoms with E-state index in [9.17, 15) is 9.18 Å². The third-order valence-electron chi connectivity index (χ3n) is 7.50. The second-order valence-corrected chi connectivity index (χ2v) is 10.8. The second kappa shape index (κ2) is 10.2. The number of aryl methyl sites for hydroxylation is 2. The molecule has 2 aliphatic heterocycles. The van der Waals surface area contributed by atoms with Gasteiger partial charge < -0.3 is 19.9 Å². The normalized spacial score (nSPS) is 21.2. The minimum absolute atomic E-state index is 0.0943. The minimum Gasteiger partial charge on any atom is -0.490 e. The number of rotatable bonds is 7. The van der Waals surface area contributed by atoms with E-state index in [1.807, 2.05) is 4.90 Å². The van der Waals surface area contributed by atoms with E-state index in [0.717, 1.165) is 67.3 Å². The highest BCUT2D eigenvalue weighted by atomic mass is 19.1. The van der Waals surface area contributed by atoms with Gasteiger partial charge >= 0.3 is 0 Å². The molecule has 1 aromatic heterocycles. The Morgan fingerprint density at radius 1 is 1.17 bits per heavy atom. The lowest BCUT2D eigenvalue weighted by Gasteiger charge is -2.37. The molecule has 2 unspecified atom stereocenters. The van der Waals surface area contributed by atoms with E-state index in [4.69, 9.17) is 14.7 Å². The summed E-state index contributed by atoms with van der Waals surface area (Å²) in [5.74, 6) is 2.77. The Labute approximate surface area is 213 Å². The fourth-order valence-electron chi connectivity index (χ4n) is 5.22. The van der Waals surface area contributed by atoms with Crippen molar-refractivity contribution in [2.45, 2.75) is 84.7 Å². The Hall–Kier alpha value is -2.90. The Balaban J connectivity index is 1.33. The van der Waals surface area contributed by atoms with Gasteiger partial charge in [-0.2, -0.15) is 0 Å². The second-order valence-electron chi connectivity index (χ2n) is 10.8. The molecule has 0 spiro atoms. The number of amides is 1. The van der Waals surface area contributed by atoms with Crippen LogP contribution in [0.15, 0.2) is 18.2 Å². The van der Waals surface area contributed by atoms with Gasteiger partial charge in [0.1, 0.15) is 18.0 Å². The van der Waals surface area contributed by atoms with Crippen LogP contribution in [0, 0.1) is 19.8 Å². The maximum absolute atomic E-state index is 13.7. The number of nitrogens with zero attached hydrogens (tertiary/aromatic N) is 4. The average Bonchev–Trinajstić information content (AvgIpc) is 3.69. The Bertz CT molecular complexity index is 1110. The number of halogens is 1. The lowest BCUT2D eigenvalue weighted by molar-refractivity contribution is -0.135. The molecule has 3 aliphatic rings. The summed E-state index contributed by atoms with van der Waals surface area (Å²) in [4.78, 5) is 27.0. The lowest BCUT2D eigenvalue weighted by atomic mass is 10.0. The van der Waals surface area contributed by atoms with Crippen molar-refractivity contribution in [2.75, 3.05) is 29.9 Å². The Morgan fingerprint density at radius 3 is 2.58 bits per heavy atom. The van der Waals surface area contributed by atoms with Gasteiger partial charge in [0.15, 0.2) is 11.6 Å². The van der Waals surface area contributed by atoms with Crippen molar-refractivity contribution in [3.63, 3.8) is 0 Å². The smallest absolute Gasteiger partial charge is 0.226 e. The van der Waals surface area contributed by atoms with Crippen LogP contribution in [-0.4, -0.2) is 58.7 Å². The summed E-state index contributed by atoms with van der Waals surface area (Å²) in [5, 5.41) is 3.20. The number of carbonyl (C=O) groups excluding carboxylic acids is 1. The van der Waals surface area contributed by atoms with Crippen LogP contribution in [0.25, 0.3) is 0 Å². The van der Waals surface area contributed by atoms with Gasteiger partial charge in [0.2, 0.25) is 5.91 Å². The SMILES string of the molecule is Cc1ccc(OC2CCN(c3nc4c(nc3NCC(C)F)CC(C)N(C(=O)C3CC3)C4)CC2)c(C)c1. The van der Waals surface area contributed by atoms with E-state index in [0.29, 0.717) is 18.8 Å². The molecular formula is C28H38FN5O2. The molecule has 1 saturated heterocycles. The molecule has 0 radical (unpaired) electrons. The number of piperidine rings is 1. The van der Waals surface area contributed by atoms with Crippen LogP contribution in [0.4, 0.5) is 16.0 Å². The van der Waals surface area contributed by atoms with Crippen molar-refractivity contribution in [1.82, 2.24) is 14.9 Å². The van der Waals surface area contributed by atoms with Crippen molar-refractivity contribution >= 4 is 17.5 Å². The molecule has 0 bridgehead atoms. The zero-order chi connectivity index (χ0) is 25.4.